The van der Waals surface area contributed by atoms with E-state index >= 15 is 0 Å². The topological polar surface area (TPSA) is 146 Å². The average Bonchev–Trinajstić information content (AvgIpc) is 2.78. The number of anilines is 1. The van der Waals surface area contributed by atoms with E-state index in [1.54, 1.807) is 0 Å². The van der Waals surface area contributed by atoms with Crippen LogP contribution in [0.25, 0.3) is 0 Å². The minimum atomic E-state index is -0.552. The molecule has 1 heterocycles. The van der Waals surface area contributed by atoms with E-state index in [1.807, 2.05) is 81.6 Å². The molecule has 0 saturated carbocycles. The van der Waals surface area contributed by atoms with Crippen molar-refractivity contribution in [3.8, 4) is 0 Å². The summed E-state index contributed by atoms with van der Waals surface area (Å²) in [4.78, 5) is 38.6. The average molecular weight is 801 g/mol. The molecular weight excluding hydrogens is 775 g/mol. The number of hydrogen-bond acceptors (Lipinski definition) is 7. The van der Waals surface area contributed by atoms with Crippen molar-refractivity contribution in [2.75, 3.05) is 44.8 Å². The third-order valence-electron chi connectivity index (χ3n) is 4.65. The molecular formula is C20H26I3N3O7. The minimum Gasteiger partial charge on any atom is -0.395 e. The number of carbonyl (C=O) groups is 3. The van der Waals surface area contributed by atoms with Crippen molar-refractivity contribution < 1.29 is 34.1 Å². The van der Waals surface area contributed by atoms with Gasteiger partial charge in [-0.1, -0.05) is 13.8 Å². The van der Waals surface area contributed by atoms with E-state index in [-0.39, 0.29) is 68.8 Å². The van der Waals surface area contributed by atoms with Crippen LogP contribution in [0.4, 0.5) is 5.69 Å². The molecule has 184 valence electrons. The van der Waals surface area contributed by atoms with E-state index < -0.39 is 17.7 Å². The van der Waals surface area contributed by atoms with Gasteiger partial charge in [-0.3, -0.25) is 14.4 Å². The molecule has 0 aliphatic carbocycles. The Kier molecular flexibility index (Phi) is 12.0. The van der Waals surface area contributed by atoms with Crippen molar-refractivity contribution in [1.82, 2.24) is 10.6 Å². The van der Waals surface area contributed by atoms with Crippen molar-refractivity contribution in [3.05, 3.63) is 21.8 Å². The Morgan fingerprint density at radius 1 is 0.909 bits per heavy atom. The predicted molar refractivity (Wildman–Crippen MR) is 146 cm³/mol. The van der Waals surface area contributed by atoms with Gasteiger partial charge in [-0.25, -0.2) is 0 Å². The van der Waals surface area contributed by atoms with Crippen molar-refractivity contribution in [2.24, 2.45) is 11.8 Å². The smallest absolute Gasteiger partial charge is 0.253 e. The third kappa shape index (κ3) is 7.33. The fourth-order valence-electron chi connectivity index (χ4n) is 2.97. The molecule has 1 fully saturated rings. The van der Waals surface area contributed by atoms with Gasteiger partial charge in [-0.05, 0) is 67.8 Å². The predicted octanol–water partition coefficient (Wildman–Crippen LogP) is 1.53. The Morgan fingerprint density at radius 2 is 1.36 bits per heavy atom. The molecule has 10 nitrogen and oxygen atoms in total. The van der Waals surface area contributed by atoms with E-state index in [0.29, 0.717) is 16.4 Å². The number of benzene rings is 1. The van der Waals surface area contributed by atoms with Crippen LogP contribution < -0.4 is 16.0 Å². The Labute approximate surface area is 232 Å². The van der Waals surface area contributed by atoms with Gasteiger partial charge in [0.25, 0.3) is 11.8 Å². The van der Waals surface area contributed by atoms with Crippen LogP contribution in [0.2, 0.25) is 0 Å². The highest BCUT2D eigenvalue weighted by Gasteiger charge is 2.32. The minimum absolute atomic E-state index is 0.0402. The quantitative estimate of drug-likeness (QED) is 0.239. The van der Waals surface area contributed by atoms with Crippen LogP contribution >= 0.6 is 67.8 Å². The molecule has 1 aliphatic rings. The van der Waals surface area contributed by atoms with Gasteiger partial charge in [-0.15, -0.1) is 0 Å². The first-order valence-electron chi connectivity index (χ1n) is 10.2. The summed E-state index contributed by atoms with van der Waals surface area (Å²) >= 11 is 5.84. The van der Waals surface area contributed by atoms with E-state index in [4.69, 9.17) is 19.7 Å². The second-order valence-electron chi connectivity index (χ2n) is 7.49. The lowest BCUT2D eigenvalue weighted by Gasteiger charge is -2.31. The summed E-state index contributed by atoms with van der Waals surface area (Å²) in [5, 5.41) is 26.2. The van der Waals surface area contributed by atoms with Gasteiger partial charge in [0.2, 0.25) is 5.91 Å². The SMILES string of the molecule is CC(C)C1OCC(C(=O)Nc2c(I)c(C(=O)NCCO)c(I)c(C(=O)NCCO)c2I)CO1. The highest BCUT2D eigenvalue weighted by atomic mass is 127. The van der Waals surface area contributed by atoms with Crippen LogP contribution in [0.3, 0.4) is 0 Å². The first kappa shape index (κ1) is 28.9. The summed E-state index contributed by atoms with van der Waals surface area (Å²) in [6, 6.07) is 0. The van der Waals surface area contributed by atoms with Crippen molar-refractivity contribution >= 4 is 91.2 Å². The zero-order valence-electron chi connectivity index (χ0n) is 18.0. The van der Waals surface area contributed by atoms with Crippen LogP contribution in [-0.4, -0.2) is 73.7 Å². The molecule has 3 amide bonds. The fourth-order valence-corrected chi connectivity index (χ4v) is 7.38. The van der Waals surface area contributed by atoms with Crippen molar-refractivity contribution in [3.63, 3.8) is 0 Å². The summed E-state index contributed by atoms with van der Waals surface area (Å²) in [6.45, 7) is 3.92. The monoisotopic (exact) mass is 801 g/mol. The fraction of sp³-hybridized carbons (Fsp3) is 0.550. The second-order valence-corrected chi connectivity index (χ2v) is 10.7. The van der Waals surface area contributed by atoms with Crippen LogP contribution in [0.1, 0.15) is 34.6 Å². The lowest BCUT2D eigenvalue weighted by atomic mass is 10.1. The largest absolute Gasteiger partial charge is 0.395 e. The Balaban J connectivity index is 2.42. The van der Waals surface area contributed by atoms with Crippen molar-refractivity contribution in [1.29, 1.82) is 0 Å². The number of aliphatic hydroxyl groups excluding tert-OH is 2. The molecule has 0 aromatic heterocycles. The van der Waals surface area contributed by atoms with Gasteiger partial charge in [0.05, 0.1) is 56.3 Å². The van der Waals surface area contributed by atoms with Gasteiger partial charge >= 0.3 is 0 Å². The molecule has 0 unspecified atom stereocenters. The molecule has 5 N–H and O–H groups in total. The van der Waals surface area contributed by atoms with E-state index in [1.165, 1.54) is 0 Å². The second kappa shape index (κ2) is 13.7. The highest BCUT2D eigenvalue weighted by molar-refractivity contribution is 14.1. The zero-order valence-corrected chi connectivity index (χ0v) is 24.5. The first-order chi connectivity index (χ1) is 15.6. The molecule has 1 saturated heterocycles. The molecule has 0 radical (unpaired) electrons. The molecule has 1 aromatic carbocycles. The highest BCUT2D eigenvalue weighted by Crippen LogP contribution is 2.36. The lowest BCUT2D eigenvalue weighted by molar-refractivity contribution is -0.217. The maximum atomic E-state index is 13.0. The Morgan fingerprint density at radius 3 is 1.76 bits per heavy atom. The summed E-state index contributed by atoms with van der Waals surface area (Å²) in [7, 11) is 0. The van der Waals surface area contributed by atoms with Crippen molar-refractivity contribution in [2.45, 2.75) is 20.1 Å². The summed E-state index contributed by atoms with van der Waals surface area (Å²) in [6.07, 6.45) is -0.365. The molecule has 1 aromatic rings. The zero-order chi connectivity index (χ0) is 24.7. The van der Waals surface area contributed by atoms with Gasteiger partial charge in [0.1, 0.15) is 0 Å². The van der Waals surface area contributed by atoms with E-state index in [9.17, 15) is 14.4 Å². The van der Waals surface area contributed by atoms with Gasteiger partial charge in [-0.2, -0.15) is 0 Å². The van der Waals surface area contributed by atoms with Gasteiger partial charge in [0.15, 0.2) is 6.29 Å². The number of carbonyl (C=O) groups excluding carboxylic acids is 3. The standard InChI is InChI=1S/C20H26I3N3O7/c1-9(2)20-32-7-10(8-33-20)17(29)26-16-14(22)11(18(30)24-3-5-27)13(21)12(15(16)23)19(31)25-4-6-28/h9-10,20,27-28H,3-8H2,1-2H3,(H,24,30)(H,25,31)(H,26,29). The molecule has 1 aliphatic heterocycles. The third-order valence-corrected chi connectivity index (χ3v) is 7.89. The summed E-state index contributed by atoms with van der Waals surface area (Å²) in [5.41, 5.74) is 0.756. The first-order valence-corrected chi connectivity index (χ1v) is 13.4. The number of amides is 3. The maximum Gasteiger partial charge on any atom is 0.253 e. The molecule has 0 spiro atoms. The van der Waals surface area contributed by atoms with Crippen LogP contribution in [-0.2, 0) is 14.3 Å². The van der Waals surface area contributed by atoms with Crippen LogP contribution in [0, 0.1) is 22.5 Å². The van der Waals surface area contributed by atoms with Crippen LogP contribution in [0.15, 0.2) is 0 Å². The van der Waals surface area contributed by atoms with Gasteiger partial charge in [0, 0.05) is 22.6 Å². The van der Waals surface area contributed by atoms with E-state index in [2.05, 4.69) is 16.0 Å². The number of hydrogen-bond donors (Lipinski definition) is 5. The number of halogens is 3. The molecule has 0 atom stereocenters. The maximum absolute atomic E-state index is 13.0. The lowest BCUT2D eigenvalue weighted by Crippen LogP contribution is -2.41. The number of ether oxygens (including phenoxy) is 2. The Hall–Kier alpha value is -0.340. The number of nitrogens with one attached hydrogen (secondary N) is 3. The summed E-state index contributed by atoms with van der Waals surface area (Å²) in [5.74, 6) is -1.70. The Bertz CT molecular complexity index is 843. The normalized spacial score (nSPS) is 18.2. The molecule has 2 rings (SSSR count). The number of rotatable bonds is 9. The van der Waals surface area contributed by atoms with Crippen LogP contribution in [0.5, 0.6) is 0 Å². The van der Waals surface area contributed by atoms with Gasteiger partial charge < -0.3 is 35.6 Å². The molecule has 33 heavy (non-hydrogen) atoms. The van der Waals surface area contributed by atoms with E-state index in [0.717, 1.165) is 0 Å². The molecule has 0 bridgehead atoms. The molecule has 13 heteroatoms. The summed E-state index contributed by atoms with van der Waals surface area (Å²) < 4.78 is 12.6. The number of aliphatic hydroxyl groups is 2.